The van der Waals surface area contributed by atoms with E-state index in [0.29, 0.717) is 6.61 Å². The second-order valence-corrected chi connectivity index (χ2v) is 5.69. The highest BCUT2D eigenvalue weighted by atomic mass is 16.5. The predicted molar refractivity (Wildman–Crippen MR) is 89.0 cm³/mol. The van der Waals surface area contributed by atoms with Gasteiger partial charge in [-0.3, -0.25) is 4.79 Å². The molecule has 0 spiro atoms. The van der Waals surface area contributed by atoms with Crippen molar-refractivity contribution in [3.63, 3.8) is 0 Å². The summed E-state index contributed by atoms with van der Waals surface area (Å²) in [6.45, 7) is 10.3. The topological polar surface area (TPSA) is 51.5 Å². The van der Waals surface area contributed by atoms with Gasteiger partial charge in [-0.15, -0.1) is 0 Å². The van der Waals surface area contributed by atoms with Gasteiger partial charge in [0.15, 0.2) is 0 Å². The molecule has 1 N–H and O–H groups in total. The summed E-state index contributed by atoms with van der Waals surface area (Å²) < 4.78 is 11.2. The first-order chi connectivity index (χ1) is 10.4. The number of allylic oxidation sites excluding steroid dienone is 1. The molecule has 0 aliphatic heterocycles. The lowest BCUT2D eigenvalue weighted by Gasteiger charge is -2.12. The summed E-state index contributed by atoms with van der Waals surface area (Å²) in [6.07, 6.45) is 3.34. The molecule has 118 valence electrons. The third-order valence-corrected chi connectivity index (χ3v) is 3.37. The molecule has 1 heterocycles. The van der Waals surface area contributed by atoms with Crippen molar-refractivity contribution in [3.8, 4) is 5.75 Å². The van der Waals surface area contributed by atoms with Gasteiger partial charge in [0.1, 0.15) is 11.3 Å². The molecule has 2 rings (SSSR count). The molecular weight excluding hydrogens is 278 g/mol. The van der Waals surface area contributed by atoms with Crippen LogP contribution in [0.2, 0.25) is 0 Å². The number of carbonyl (C=O) groups excluding carboxylic acids is 1. The van der Waals surface area contributed by atoms with E-state index >= 15 is 0 Å². The van der Waals surface area contributed by atoms with E-state index in [0.717, 1.165) is 33.4 Å². The molecule has 0 saturated heterocycles. The molecule has 1 aromatic heterocycles. The molecule has 1 amide bonds. The summed E-state index contributed by atoms with van der Waals surface area (Å²) >= 11 is 0. The molecule has 0 radical (unpaired) electrons. The lowest BCUT2D eigenvalue weighted by atomic mass is 10.0. The Balaban J connectivity index is 2.46. The molecule has 4 heteroatoms. The fourth-order valence-corrected chi connectivity index (χ4v) is 2.37. The zero-order valence-electron chi connectivity index (χ0n) is 13.8. The van der Waals surface area contributed by atoms with Crippen LogP contribution >= 0.6 is 0 Å². The number of aryl methyl sites for hydroxylation is 1. The summed E-state index contributed by atoms with van der Waals surface area (Å²) in [4.78, 5) is 11.9. The van der Waals surface area contributed by atoms with Crippen LogP contribution in [0.1, 0.15) is 38.8 Å². The van der Waals surface area contributed by atoms with Crippen molar-refractivity contribution in [2.75, 3.05) is 6.61 Å². The Hall–Kier alpha value is -2.23. The molecule has 0 fully saturated rings. The third-order valence-electron chi connectivity index (χ3n) is 3.37. The maximum Gasteiger partial charge on any atom is 0.244 e. The average Bonchev–Trinajstić information content (AvgIpc) is 2.78. The molecule has 4 nitrogen and oxygen atoms in total. The monoisotopic (exact) mass is 301 g/mol. The van der Waals surface area contributed by atoms with E-state index in [-0.39, 0.29) is 11.9 Å². The first-order valence-corrected chi connectivity index (χ1v) is 7.56. The Labute approximate surface area is 131 Å². The van der Waals surface area contributed by atoms with Crippen molar-refractivity contribution >= 4 is 22.4 Å². The number of ether oxygens (including phenoxy) is 1. The van der Waals surface area contributed by atoms with Gasteiger partial charge in [-0.25, -0.2) is 0 Å². The smallest absolute Gasteiger partial charge is 0.244 e. The summed E-state index contributed by atoms with van der Waals surface area (Å²) in [5.74, 6) is 0.634. The summed E-state index contributed by atoms with van der Waals surface area (Å²) in [7, 11) is 0. The van der Waals surface area contributed by atoms with E-state index in [1.54, 1.807) is 12.3 Å². The van der Waals surface area contributed by atoms with Crippen LogP contribution in [0, 0.1) is 6.92 Å². The number of furan rings is 1. The van der Waals surface area contributed by atoms with Gasteiger partial charge in [-0.05, 0) is 51.8 Å². The number of benzene rings is 1. The van der Waals surface area contributed by atoms with Gasteiger partial charge in [0.25, 0.3) is 0 Å². The van der Waals surface area contributed by atoms with E-state index in [1.165, 1.54) is 0 Å². The van der Waals surface area contributed by atoms with Crippen molar-refractivity contribution in [1.82, 2.24) is 5.32 Å². The van der Waals surface area contributed by atoms with Crippen LogP contribution in [0.3, 0.4) is 0 Å². The Morgan fingerprint density at radius 3 is 2.77 bits per heavy atom. The van der Waals surface area contributed by atoms with Crippen LogP contribution in [0.4, 0.5) is 0 Å². The van der Waals surface area contributed by atoms with E-state index < -0.39 is 0 Å². The van der Waals surface area contributed by atoms with Crippen LogP contribution in [0.15, 0.2) is 28.9 Å². The molecule has 0 atom stereocenters. The molecule has 1 aromatic carbocycles. The van der Waals surface area contributed by atoms with Gasteiger partial charge < -0.3 is 14.5 Å². The van der Waals surface area contributed by atoms with Gasteiger partial charge in [0.2, 0.25) is 5.91 Å². The maximum atomic E-state index is 11.9. The minimum atomic E-state index is -0.0982. The van der Waals surface area contributed by atoms with Gasteiger partial charge in [-0.2, -0.15) is 0 Å². The highest BCUT2D eigenvalue weighted by molar-refractivity contribution is 5.97. The molecule has 0 unspecified atom stereocenters. The number of hydrogen-bond acceptors (Lipinski definition) is 3. The second kappa shape index (κ2) is 6.69. The highest BCUT2D eigenvalue weighted by Crippen LogP contribution is 2.33. The van der Waals surface area contributed by atoms with Gasteiger partial charge in [0.05, 0.1) is 12.9 Å². The number of fused-ring (bicyclic) bond motifs is 1. The third kappa shape index (κ3) is 3.50. The van der Waals surface area contributed by atoms with Gasteiger partial charge in [0, 0.05) is 29.1 Å². The zero-order valence-corrected chi connectivity index (χ0v) is 13.8. The minimum Gasteiger partial charge on any atom is -0.493 e. The lowest BCUT2D eigenvalue weighted by Crippen LogP contribution is -2.28. The largest absolute Gasteiger partial charge is 0.493 e. The van der Waals surface area contributed by atoms with E-state index in [9.17, 15) is 4.79 Å². The van der Waals surface area contributed by atoms with Gasteiger partial charge >= 0.3 is 0 Å². The fraction of sp³-hybridized carbons (Fsp3) is 0.389. The molecule has 22 heavy (non-hydrogen) atoms. The molecular formula is C18H23NO3. The normalized spacial score (nSPS) is 12.0. The number of hydrogen-bond donors (Lipinski definition) is 1. The van der Waals surface area contributed by atoms with Crippen molar-refractivity contribution in [3.05, 3.63) is 35.6 Å². The van der Waals surface area contributed by atoms with Crippen molar-refractivity contribution in [2.45, 2.75) is 40.7 Å². The summed E-state index contributed by atoms with van der Waals surface area (Å²) in [5.41, 5.74) is 3.64. The Bertz CT molecular complexity index is 710. The fourth-order valence-electron chi connectivity index (χ4n) is 2.37. The molecule has 0 aliphatic rings. The SMILES string of the molecule is CCOc1cc2occ(C)c2cc1/C(C)=C/C(=O)NC(C)C. The number of carbonyl (C=O) groups is 1. The predicted octanol–water partition coefficient (Wildman–Crippen LogP) is 4.07. The Morgan fingerprint density at radius 1 is 1.41 bits per heavy atom. The first kappa shape index (κ1) is 16.1. The van der Waals surface area contributed by atoms with Crippen LogP contribution in [0.25, 0.3) is 16.5 Å². The van der Waals surface area contributed by atoms with Crippen LogP contribution < -0.4 is 10.1 Å². The van der Waals surface area contributed by atoms with Crippen LogP contribution in [-0.4, -0.2) is 18.6 Å². The quantitative estimate of drug-likeness (QED) is 0.847. The number of nitrogens with one attached hydrogen (secondary N) is 1. The van der Waals surface area contributed by atoms with Crippen LogP contribution in [0.5, 0.6) is 5.75 Å². The van der Waals surface area contributed by atoms with Crippen molar-refractivity contribution < 1.29 is 13.9 Å². The van der Waals surface area contributed by atoms with Crippen molar-refractivity contribution in [1.29, 1.82) is 0 Å². The van der Waals surface area contributed by atoms with Crippen molar-refractivity contribution in [2.24, 2.45) is 0 Å². The summed E-state index contributed by atoms with van der Waals surface area (Å²) in [5, 5.41) is 3.90. The van der Waals surface area contributed by atoms with Crippen LogP contribution in [-0.2, 0) is 4.79 Å². The minimum absolute atomic E-state index is 0.0982. The molecule has 0 aliphatic carbocycles. The summed E-state index contributed by atoms with van der Waals surface area (Å²) in [6, 6.07) is 4.02. The zero-order chi connectivity index (χ0) is 16.3. The highest BCUT2D eigenvalue weighted by Gasteiger charge is 2.13. The maximum absolute atomic E-state index is 11.9. The Kier molecular flexibility index (Phi) is 4.91. The molecule has 0 saturated carbocycles. The lowest BCUT2D eigenvalue weighted by molar-refractivity contribution is -0.116. The average molecular weight is 301 g/mol. The van der Waals surface area contributed by atoms with E-state index in [4.69, 9.17) is 9.15 Å². The van der Waals surface area contributed by atoms with E-state index in [2.05, 4.69) is 5.32 Å². The number of amides is 1. The first-order valence-electron chi connectivity index (χ1n) is 7.56. The Morgan fingerprint density at radius 2 is 2.14 bits per heavy atom. The number of rotatable bonds is 5. The standard InChI is InChI=1S/C18H23NO3/c1-6-21-16-9-17-15(13(5)10-22-17)8-14(16)12(4)7-18(20)19-11(2)3/h7-11H,6H2,1-5H3,(H,19,20)/b12-7+. The second-order valence-electron chi connectivity index (χ2n) is 5.69. The molecule has 2 aromatic rings. The van der Waals surface area contributed by atoms with Gasteiger partial charge in [-0.1, -0.05) is 0 Å². The molecule has 0 bridgehead atoms. The van der Waals surface area contributed by atoms with E-state index in [1.807, 2.05) is 46.8 Å².